The van der Waals surface area contributed by atoms with Gasteiger partial charge in [0, 0.05) is 4.90 Å². The number of thioether (sulfide) groups is 1. The molecule has 1 amide bonds. The normalized spacial score (nSPS) is 14.1. The van der Waals surface area contributed by atoms with Gasteiger partial charge in [-0.15, -0.1) is 16.9 Å². The van der Waals surface area contributed by atoms with Crippen molar-refractivity contribution in [3.63, 3.8) is 0 Å². The highest BCUT2D eigenvalue weighted by Gasteiger charge is 2.21. The van der Waals surface area contributed by atoms with E-state index in [0.29, 0.717) is 0 Å². The Balaban J connectivity index is 1.65. The minimum absolute atomic E-state index is 0.0243. The van der Waals surface area contributed by atoms with Gasteiger partial charge in [0.15, 0.2) is 0 Å². The molecule has 0 heterocycles. The maximum absolute atomic E-state index is 12.7. The summed E-state index contributed by atoms with van der Waals surface area (Å²) in [6.45, 7) is 2.28. The molecule has 0 saturated carbocycles. The van der Waals surface area contributed by atoms with Gasteiger partial charge in [0.25, 0.3) is 5.91 Å². The molecule has 8 nitrogen and oxygen atoms in total. The lowest BCUT2D eigenvalue weighted by molar-refractivity contribution is -0.143. The van der Waals surface area contributed by atoms with E-state index in [1.165, 1.54) is 17.3 Å². The van der Waals surface area contributed by atoms with Gasteiger partial charge < -0.3 is 15.8 Å². The number of allylic oxidation sites excluding steroid dienone is 4. The summed E-state index contributed by atoms with van der Waals surface area (Å²) in [4.78, 5) is 25.7. The van der Waals surface area contributed by atoms with Crippen LogP contribution in [0.5, 0.6) is 0 Å². The van der Waals surface area contributed by atoms with Crippen molar-refractivity contribution in [2.45, 2.75) is 43.0 Å². The predicted octanol–water partition coefficient (Wildman–Crippen LogP) is 3.56. The molecule has 0 saturated heterocycles. The summed E-state index contributed by atoms with van der Waals surface area (Å²) in [6.07, 6.45) is 8.57. The molecule has 0 radical (unpaired) electrons. The second-order valence-corrected chi connectivity index (χ2v) is 9.10. The van der Waals surface area contributed by atoms with Gasteiger partial charge >= 0.3 is 5.97 Å². The SMILES string of the molecule is CCOC(=O)C[C@H](NC(=O)/C(N)=N/N(N)Cc1ccccc1)Sc1ccc(C2=CCCC=C2)cc1. The number of carbonyl (C=O) groups excluding carboxylic acids is 2. The number of hydrazine groups is 1. The molecule has 2 aromatic carbocycles. The van der Waals surface area contributed by atoms with E-state index in [1.807, 2.05) is 54.6 Å². The Kier molecular flexibility index (Phi) is 9.94. The summed E-state index contributed by atoms with van der Waals surface area (Å²) >= 11 is 1.34. The van der Waals surface area contributed by atoms with Crippen LogP contribution < -0.4 is 16.9 Å². The van der Waals surface area contributed by atoms with Gasteiger partial charge in [0.05, 0.1) is 24.9 Å². The smallest absolute Gasteiger partial charge is 0.308 e. The van der Waals surface area contributed by atoms with E-state index in [2.05, 4.69) is 28.6 Å². The number of amides is 1. The first-order valence-corrected chi connectivity index (χ1v) is 12.3. The van der Waals surface area contributed by atoms with Crippen LogP contribution in [0.3, 0.4) is 0 Å². The van der Waals surface area contributed by atoms with Crippen LogP contribution in [-0.4, -0.2) is 34.8 Å². The van der Waals surface area contributed by atoms with Crippen LogP contribution in [0, 0.1) is 0 Å². The number of ether oxygens (including phenoxy) is 1. The van der Waals surface area contributed by atoms with E-state index < -0.39 is 17.3 Å². The third-order valence-electron chi connectivity index (χ3n) is 5.07. The zero-order valence-electron chi connectivity index (χ0n) is 19.7. The fourth-order valence-corrected chi connectivity index (χ4v) is 4.43. The number of amidine groups is 1. The molecular weight excluding hydrogens is 462 g/mol. The first-order valence-electron chi connectivity index (χ1n) is 11.4. The van der Waals surface area contributed by atoms with Crippen LogP contribution >= 0.6 is 11.8 Å². The highest BCUT2D eigenvalue weighted by molar-refractivity contribution is 8.00. The summed E-state index contributed by atoms with van der Waals surface area (Å²) in [6, 6.07) is 17.4. The Hall–Kier alpha value is -3.56. The molecule has 1 atom stereocenters. The van der Waals surface area contributed by atoms with Crippen molar-refractivity contribution < 1.29 is 14.3 Å². The van der Waals surface area contributed by atoms with E-state index in [9.17, 15) is 9.59 Å². The fraction of sp³-hybridized carbons (Fsp3) is 0.269. The number of nitrogens with one attached hydrogen (secondary N) is 1. The van der Waals surface area contributed by atoms with Crippen molar-refractivity contribution in [2.24, 2.45) is 16.7 Å². The lowest BCUT2D eigenvalue weighted by Gasteiger charge is -2.19. The maximum atomic E-state index is 12.7. The Bertz CT molecular complexity index is 1080. The van der Waals surface area contributed by atoms with Gasteiger partial charge in [-0.05, 0) is 48.6 Å². The zero-order valence-corrected chi connectivity index (χ0v) is 20.5. The molecule has 0 bridgehead atoms. The summed E-state index contributed by atoms with van der Waals surface area (Å²) in [5.74, 6) is 4.55. The molecular formula is C26H31N5O3S. The molecule has 0 fully saturated rings. The van der Waals surface area contributed by atoms with Crippen LogP contribution in [0.15, 0.2) is 82.8 Å². The highest BCUT2D eigenvalue weighted by atomic mass is 32.2. The summed E-state index contributed by atoms with van der Waals surface area (Å²) < 4.78 is 5.07. The van der Waals surface area contributed by atoms with Crippen molar-refractivity contribution in [3.05, 3.63) is 84.0 Å². The maximum Gasteiger partial charge on any atom is 0.308 e. The number of hydrogen-bond acceptors (Lipinski definition) is 7. The van der Waals surface area contributed by atoms with E-state index in [0.717, 1.165) is 34.0 Å². The molecule has 9 heteroatoms. The van der Waals surface area contributed by atoms with E-state index in [1.54, 1.807) is 6.92 Å². The molecule has 0 unspecified atom stereocenters. The Morgan fingerprint density at radius 2 is 1.89 bits per heavy atom. The summed E-state index contributed by atoms with van der Waals surface area (Å²) in [5.41, 5.74) is 9.11. The van der Waals surface area contributed by atoms with E-state index in [4.69, 9.17) is 16.3 Å². The van der Waals surface area contributed by atoms with E-state index >= 15 is 0 Å². The lowest BCUT2D eigenvalue weighted by atomic mass is 10.00. The van der Waals surface area contributed by atoms with Gasteiger partial charge in [-0.3, -0.25) is 9.59 Å². The number of esters is 1. The number of nitrogens with two attached hydrogens (primary N) is 2. The molecule has 0 aromatic heterocycles. The quantitative estimate of drug-likeness (QED) is 0.0879. The largest absolute Gasteiger partial charge is 0.466 e. The Morgan fingerprint density at radius 3 is 2.54 bits per heavy atom. The fourth-order valence-electron chi connectivity index (χ4n) is 3.42. The topological polar surface area (TPSA) is 123 Å². The molecule has 35 heavy (non-hydrogen) atoms. The van der Waals surface area contributed by atoms with Crippen molar-refractivity contribution in [2.75, 3.05) is 6.61 Å². The number of rotatable bonds is 10. The first kappa shape index (κ1) is 26.1. The van der Waals surface area contributed by atoms with E-state index in [-0.39, 0.29) is 25.4 Å². The van der Waals surface area contributed by atoms with Crippen LogP contribution in [-0.2, 0) is 20.9 Å². The number of hydrogen-bond donors (Lipinski definition) is 3. The predicted molar refractivity (Wildman–Crippen MR) is 140 cm³/mol. The van der Waals surface area contributed by atoms with Crippen molar-refractivity contribution in [1.29, 1.82) is 0 Å². The van der Waals surface area contributed by atoms with Gasteiger partial charge in [0.2, 0.25) is 5.84 Å². The number of nitrogens with zero attached hydrogens (tertiary/aromatic N) is 2. The second-order valence-electron chi connectivity index (χ2n) is 7.82. The molecule has 1 aliphatic rings. The average molecular weight is 494 g/mol. The third kappa shape index (κ3) is 8.62. The van der Waals surface area contributed by atoms with Crippen molar-refractivity contribution in [3.8, 4) is 0 Å². The molecule has 5 N–H and O–H groups in total. The lowest BCUT2D eigenvalue weighted by Crippen LogP contribution is -2.43. The number of benzene rings is 2. The zero-order chi connectivity index (χ0) is 25.0. The summed E-state index contributed by atoms with van der Waals surface area (Å²) in [5, 5.41) is 7.23. The second kappa shape index (κ2) is 13.4. The minimum atomic E-state index is -0.621. The third-order valence-corrected chi connectivity index (χ3v) is 6.18. The number of carbonyl (C=O) groups is 2. The molecule has 3 rings (SSSR count). The Morgan fingerprint density at radius 1 is 1.14 bits per heavy atom. The van der Waals surface area contributed by atoms with Gasteiger partial charge in [-0.2, -0.15) is 0 Å². The average Bonchev–Trinajstić information content (AvgIpc) is 2.85. The minimum Gasteiger partial charge on any atom is -0.466 e. The highest BCUT2D eigenvalue weighted by Crippen LogP contribution is 2.28. The molecule has 2 aromatic rings. The molecule has 1 aliphatic carbocycles. The van der Waals surface area contributed by atoms with Crippen LogP contribution in [0.1, 0.15) is 37.3 Å². The van der Waals surface area contributed by atoms with Gasteiger partial charge in [-0.1, -0.05) is 60.7 Å². The first-order chi connectivity index (χ1) is 16.9. The van der Waals surface area contributed by atoms with Crippen molar-refractivity contribution in [1.82, 2.24) is 10.4 Å². The molecule has 0 aliphatic heterocycles. The van der Waals surface area contributed by atoms with Crippen LogP contribution in [0.2, 0.25) is 0 Å². The molecule has 184 valence electrons. The van der Waals surface area contributed by atoms with Gasteiger partial charge in [0.1, 0.15) is 0 Å². The standard InChI is InChI=1S/C26H31N5O3S/c1-2-34-24(32)17-23(35-22-15-13-21(14-16-22)20-11-7-4-8-12-20)29-26(33)25(27)30-31(28)18-19-9-5-3-6-10-19/h3,5-7,9-16,23H,2,4,8,17-18,28H2,1H3,(H2,27,30)(H,29,33)/t23-/m1/s1. The van der Waals surface area contributed by atoms with Crippen molar-refractivity contribution >= 4 is 35.0 Å². The molecule has 0 spiro atoms. The monoisotopic (exact) mass is 493 g/mol. The summed E-state index contributed by atoms with van der Waals surface area (Å²) in [7, 11) is 0. The van der Waals surface area contributed by atoms with Gasteiger partial charge in [-0.25, -0.2) is 11.0 Å². The number of hydrazone groups is 1. The van der Waals surface area contributed by atoms with Crippen LogP contribution in [0.4, 0.5) is 0 Å². The Labute approximate surface area is 210 Å². The van der Waals surface area contributed by atoms with Crippen LogP contribution in [0.25, 0.3) is 5.57 Å².